The SMILES string of the molecule is N#Cc1ccccc1C(=O)N1CC(c2cccnc2)C2C1C1CCN2CC1. The molecule has 4 aliphatic heterocycles. The first-order valence-electron chi connectivity index (χ1n) is 9.72. The maximum absolute atomic E-state index is 13.5. The molecule has 0 spiro atoms. The van der Waals surface area contributed by atoms with Crippen LogP contribution in [0.2, 0.25) is 0 Å². The van der Waals surface area contributed by atoms with Crippen LogP contribution >= 0.6 is 0 Å². The van der Waals surface area contributed by atoms with Gasteiger partial charge in [-0.25, -0.2) is 0 Å². The first kappa shape index (κ1) is 16.5. The van der Waals surface area contributed by atoms with Crippen molar-refractivity contribution >= 4 is 5.91 Å². The Morgan fingerprint density at radius 1 is 1.11 bits per heavy atom. The van der Waals surface area contributed by atoms with Gasteiger partial charge >= 0.3 is 0 Å². The molecular formula is C22H22N4O. The summed E-state index contributed by atoms with van der Waals surface area (Å²) in [6.45, 7) is 2.95. The average molecular weight is 358 g/mol. The fourth-order valence-corrected chi connectivity index (χ4v) is 5.46. The van der Waals surface area contributed by atoms with E-state index in [1.165, 1.54) is 5.56 Å². The van der Waals surface area contributed by atoms with E-state index < -0.39 is 0 Å². The Hall–Kier alpha value is -2.71. The van der Waals surface area contributed by atoms with E-state index in [0.29, 0.717) is 29.6 Å². The minimum Gasteiger partial charge on any atom is -0.333 e. The second kappa shape index (κ2) is 6.47. The number of nitriles is 1. The number of fused-ring (bicyclic) bond motifs is 2. The lowest BCUT2D eigenvalue weighted by atomic mass is 9.75. The fourth-order valence-electron chi connectivity index (χ4n) is 5.46. The number of carbonyl (C=O) groups excluding carboxylic acids is 1. The summed E-state index contributed by atoms with van der Waals surface area (Å²) in [5.74, 6) is 0.840. The summed E-state index contributed by atoms with van der Waals surface area (Å²) in [5.41, 5.74) is 2.20. The molecule has 0 radical (unpaired) electrons. The number of nitrogens with zero attached hydrogens (tertiary/aromatic N) is 4. The van der Waals surface area contributed by atoms with E-state index in [2.05, 4.69) is 26.9 Å². The van der Waals surface area contributed by atoms with Crippen molar-refractivity contribution in [3.8, 4) is 6.07 Å². The maximum atomic E-state index is 13.5. The fraction of sp³-hybridized carbons (Fsp3) is 0.409. The number of aromatic nitrogens is 1. The molecule has 1 aromatic carbocycles. The number of rotatable bonds is 2. The molecule has 5 heteroatoms. The van der Waals surface area contributed by atoms with Gasteiger partial charge in [-0.3, -0.25) is 14.7 Å². The predicted octanol–water partition coefficient (Wildman–Crippen LogP) is 2.66. The summed E-state index contributed by atoms with van der Waals surface area (Å²) in [7, 11) is 0. The van der Waals surface area contributed by atoms with Crippen molar-refractivity contribution in [2.75, 3.05) is 19.6 Å². The molecular weight excluding hydrogens is 336 g/mol. The van der Waals surface area contributed by atoms with Crippen molar-refractivity contribution in [3.63, 3.8) is 0 Å². The van der Waals surface area contributed by atoms with E-state index in [4.69, 9.17) is 0 Å². The Balaban J connectivity index is 1.55. The summed E-state index contributed by atoms with van der Waals surface area (Å²) in [5, 5.41) is 9.44. The van der Waals surface area contributed by atoms with Crippen LogP contribution in [-0.2, 0) is 0 Å². The van der Waals surface area contributed by atoms with Crippen molar-refractivity contribution < 1.29 is 4.79 Å². The number of hydrogen-bond acceptors (Lipinski definition) is 4. The second-order valence-electron chi connectivity index (χ2n) is 7.86. The van der Waals surface area contributed by atoms with Crippen molar-refractivity contribution in [1.82, 2.24) is 14.8 Å². The molecule has 0 aliphatic carbocycles. The van der Waals surface area contributed by atoms with Crippen LogP contribution in [0.25, 0.3) is 0 Å². The number of pyridine rings is 1. The Morgan fingerprint density at radius 2 is 1.93 bits per heavy atom. The Kier molecular flexibility index (Phi) is 3.95. The van der Waals surface area contributed by atoms with Gasteiger partial charge in [-0.1, -0.05) is 18.2 Å². The van der Waals surface area contributed by atoms with E-state index in [-0.39, 0.29) is 17.9 Å². The number of amides is 1. The molecule has 5 heterocycles. The van der Waals surface area contributed by atoms with E-state index in [1.54, 1.807) is 18.3 Å². The molecule has 2 bridgehead atoms. The molecule has 4 aliphatic rings. The van der Waals surface area contributed by atoms with Gasteiger partial charge in [0.2, 0.25) is 0 Å². The summed E-state index contributed by atoms with van der Waals surface area (Å²) in [4.78, 5) is 22.4. The van der Waals surface area contributed by atoms with Gasteiger partial charge in [0, 0.05) is 30.9 Å². The van der Waals surface area contributed by atoms with Crippen LogP contribution < -0.4 is 0 Å². The highest BCUT2D eigenvalue weighted by Gasteiger charge is 2.54. The number of hydrogen-bond donors (Lipinski definition) is 0. The zero-order valence-corrected chi connectivity index (χ0v) is 15.2. The largest absolute Gasteiger partial charge is 0.333 e. The molecule has 1 amide bonds. The van der Waals surface area contributed by atoms with Crippen molar-refractivity contribution in [2.24, 2.45) is 5.92 Å². The molecule has 5 nitrogen and oxygen atoms in total. The molecule has 2 aromatic rings. The lowest BCUT2D eigenvalue weighted by molar-refractivity contribution is -0.00343. The van der Waals surface area contributed by atoms with Gasteiger partial charge in [0.25, 0.3) is 5.91 Å². The maximum Gasteiger partial charge on any atom is 0.255 e. The minimum absolute atomic E-state index is 0.00212. The molecule has 0 N–H and O–H groups in total. The van der Waals surface area contributed by atoms with Gasteiger partial charge in [0.1, 0.15) is 0 Å². The number of benzene rings is 1. The standard InChI is InChI=1S/C22H22N4O/c23-12-16-4-1-2-6-18(16)22(27)26-14-19(17-5-3-9-24-13-17)21-20(26)15-7-10-25(21)11-8-15/h1-6,9,13,15,19-21H,7-8,10-11,14H2. The normalized spacial score (nSPS) is 31.4. The molecule has 4 saturated heterocycles. The van der Waals surface area contributed by atoms with E-state index in [1.807, 2.05) is 24.4 Å². The van der Waals surface area contributed by atoms with Gasteiger partial charge in [-0.15, -0.1) is 0 Å². The third-order valence-electron chi connectivity index (χ3n) is 6.65. The lowest BCUT2D eigenvalue weighted by Crippen LogP contribution is -2.60. The molecule has 4 fully saturated rings. The van der Waals surface area contributed by atoms with Crippen LogP contribution in [0.15, 0.2) is 48.8 Å². The van der Waals surface area contributed by atoms with Gasteiger partial charge in [0.05, 0.1) is 23.2 Å². The monoisotopic (exact) mass is 358 g/mol. The van der Waals surface area contributed by atoms with Gasteiger partial charge in [-0.05, 0) is 55.6 Å². The van der Waals surface area contributed by atoms with Crippen LogP contribution in [0.5, 0.6) is 0 Å². The highest BCUT2D eigenvalue weighted by molar-refractivity contribution is 5.97. The van der Waals surface area contributed by atoms with Crippen LogP contribution in [0.4, 0.5) is 0 Å². The first-order valence-corrected chi connectivity index (χ1v) is 9.72. The zero-order valence-electron chi connectivity index (χ0n) is 15.2. The van der Waals surface area contributed by atoms with Crippen molar-refractivity contribution in [3.05, 3.63) is 65.5 Å². The van der Waals surface area contributed by atoms with Crippen LogP contribution in [0, 0.1) is 17.2 Å². The quantitative estimate of drug-likeness (QED) is 0.828. The van der Waals surface area contributed by atoms with Gasteiger partial charge in [-0.2, -0.15) is 5.26 Å². The summed E-state index contributed by atoms with van der Waals surface area (Å²) < 4.78 is 0. The van der Waals surface area contributed by atoms with Crippen LogP contribution in [0.1, 0.15) is 40.2 Å². The number of likely N-dealkylation sites (tertiary alicyclic amines) is 1. The molecule has 3 unspecified atom stereocenters. The molecule has 1 aromatic heterocycles. The summed E-state index contributed by atoms with van der Waals surface area (Å²) in [6, 6.07) is 14.1. The molecule has 136 valence electrons. The molecule has 6 rings (SSSR count). The van der Waals surface area contributed by atoms with E-state index in [0.717, 1.165) is 25.9 Å². The number of carbonyl (C=O) groups is 1. The smallest absolute Gasteiger partial charge is 0.255 e. The third-order valence-corrected chi connectivity index (χ3v) is 6.65. The topological polar surface area (TPSA) is 60.2 Å². The van der Waals surface area contributed by atoms with Crippen LogP contribution in [-0.4, -0.2) is 52.4 Å². The first-order chi connectivity index (χ1) is 13.3. The van der Waals surface area contributed by atoms with Gasteiger partial charge in [0.15, 0.2) is 0 Å². The van der Waals surface area contributed by atoms with Crippen molar-refractivity contribution in [1.29, 1.82) is 5.26 Å². The average Bonchev–Trinajstić information content (AvgIpc) is 3.17. The molecule has 0 saturated carbocycles. The van der Waals surface area contributed by atoms with E-state index >= 15 is 0 Å². The second-order valence-corrected chi connectivity index (χ2v) is 7.86. The van der Waals surface area contributed by atoms with Gasteiger partial charge < -0.3 is 4.90 Å². The molecule has 27 heavy (non-hydrogen) atoms. The third kappa shape index (κ3) is 2.55. The van der Waals surface area contributed by atoms with E-state index in [9.17, 15) is 10.1 Å². The Morgan fingerprint density at radius 3 is 2.67 bits per heavy atom. The van der Waals surface area contributed by atoms with Crippen molar-refractivity contribution in [2.45, 2.75) is 30.8 Å². The summed E-state index contributed by atoms with van der Waals surface area (Å²) in [6.07, 6.45) is 6.06. The minimum atomic E-state index is 0.00212. The predicted molar refractivity (Wildman–Crippen MR) is 101 cm³/mol. The lowest BCUT2D eigenvalue weighted by Gasteiger charge is -2.51. The Bertz CT molecular complexity index is 898. The molecule has 3 atom stereocenters. The highest BCUT2D eigenvalue weighted by Crippen LogP contribution is 2.46. The number of piperidine rings is 3. The highest BCUT2D eigenvalue weighted by atomic mass is 16.2. The summed E-state index contributed by atoms with van der Waals surface area (Å²) >= 11 is 0. The zero-order chi connectivity index (χ0) is 18.4. The van der Waals surface area contributed by atoms with Crippen LogP contribution in [0.3, 0.4) is 0 Å². The Labute approximate surface area is 159 Å².